The Morgan fingerprint density at radius 3 is 1.97 bits per heavy atom. The van der Waals surface area contributed by atoms with Gasteiger partial charge in [-0.05, 0) is 84.2 Å². The first-order chi connectivity index (χ1) is 17.0. The number of para-hydroxylation sites is 1. The van der Waals surface area contributed by atoms with E-state index in [1.165, 1.54) is 17.0 Å². The van der Waals surface area contributed by atoms with E-state index < -0.39 is 41.1 Å². The highest BCUT2D eigenvalue weighted by Gasteiger charge is 2.41. The Labute approximate surface area is 225 Å². The molecule has 0 aromatic heterocycles. The summed E-state index contributed by atoms with van der Waals surface area (Å²) in [5.74, 6) is -0.901. The van der Waals surface area contributed by atoms with Crippen LogP contribution >= 0.6 is 12.6 Å². The smallest absolute Gasteiger partial charge is 0.408 e. The fourth-order valence-corrected chi connectivity index (χ4v) is 4.17. The van der Waals surface area contributed by atoms with Crippen LogP contribution in [-0.4, -0.2) is 50.8 Å². The van der Waals surface area contributed by atoms with Crippen molar-refractivity contribution in [2.45, 2.75) is 78.6 Å². The lowest BCUT2D eigenvalue weighted by Crippen LogP contribution is -2.58. The molecule has 0 bridgehead atoms. The van der Waals surface area contributed by atoms with Gasteiger partial charge in [0.05, 0.1) is 0 Å². The molecule has 0 aliphatic rings. The number of benzene rings is 2. The van der Waals surface area contributed by atoms with Gasteiger partial charge in [0.1, 0.15) is 23.4 Å². The molecule has 0 saturated carbocycles. The molecular weight excluding hydrogens is 490 g/mol. The third kappa shape index (κ3) is 8.15. The van der Waals surface area contributed by atoms with E-state index in [0.29, 0.717) is 11.3 Å². The van der Waals surface area contributed by atoms with Crippen molar-refractivity contribution < 1.29 is 24.2 Å². The number of aryl methyl sites for hydroxylation is 2. The minimum atomic E-state index is -1.07. The number of phenolic OH excluding ortho intramolecular Hbond substituents is 1. The maximum atomic E-state index is 14.0. The first kappa shape index (κ1) is 30.0. The van der Waals surface area contributed by atoms with Crippen molar-refractivity contribution in [1.29, 1.82) is 0 Å². The summed E-state index contributed by atoms with van der Waals surface area (Å²) in [6.45, 7) is 14.4. The van der Waals surface area contributed by atoms with Crippen molar-refractivity contribution in [3.8, 4) is 5.75 Å². The maximum absolute atomic E-state index is 14.0. The molecule has 202 valence electrons. The number of ether oxygens (including phenoxy) is 1. The molecule has 0 spiro atoms. The van der Waals surface area contributed by atoms with Crippen molar-refractivity contribution in [1.82, 2.24) is 10.2 Å². The number of aromatic hydroxyl groups is 1. The summed E-state index contributed by atoms with van der Waals surface area (Å²) in [7, 11) is 0. The molecule has 8 nitrogen and oxygen atoms in total. The molecule has 37 heavy (non-hydrogen) atoms. The Kier molecular flexibility index (Phi) is 9.66. The number of amides is 3. The predicted octanol–water partition coefficient (Wildman–Crippen LogP) is 5.14. The molecule has 3 N–H and O–H groups in total. The van der Waals surface area contributed by atoms with Gasteiger partial charge in [0, 0.05) is 17.0 Å². The second-order valence-corrected chi connectivity index (χ2v) is 11.4. The number of nitrogens with one attached hydrogen (secondary N) is 2. The highest BCUT2D eigenvalue weighted by atomic mass is 32.1. The number of nitrogens with zero attached hydrogens (tertiary/aromatic N) is 1. The van der Waals surface area contributed by atoms with E-state index in [1.54, 1.807) is 32.9 Å². The van der Waals surface area contributed by atoms with Crippen LogP contribution in [0.4, 0.5) is 10.5 Å². The van der Waals surface area contributed by atoms with E-state index >= 15 is 0 Å². The van der Waals surface area contributed by atoms with Crippen LogP contribution in [0.2, 0.25) is 0 Å². The van der Waals surface area contributed by atoms with Gasteiger partial charge in [-0.3, -0.25) is 9.59 Å². The van der Waals surface area contributed by atoms with E-state index in [2.05, 4.69) is 23.3 Å². The van der Waals surface area contributed by atoms with Crippen molar-refractivity contribution >= 4 is 36.2 Å². The van der Waals surface area contributed by atoms with Crippen LogP contribution in [0.3, 0.4) is 0 Å². The third-order valence-electron chi connectivity index (χ3n) is 5.58. The highest BCUT2D eigenvalue weighted by molar-refractivity contribution is 7.80. The molecule has 2 rings (SSSR count). The van der Waals surface area contributed by atoms with Gasteiger partial charge in [-0.15, -0.1) is 0 Å². The lowest BCUT2D eigenvalue weighted by atomic mass is 9.95. The second kappa shape index (κ2) is 11.9. The number of thiol groups is 1. The summed E-state index contributed by atoms with van der Waals surface area (Å²) in [5, 5.41) is 15.5. The number of carbonyl (C=O) groups is 3. The van der Waals surface area contributed by atoms with Gasteiger partial charge in [0.2, 0.25) is 5.91 Å². The van der Waals surface area contributed by atoms with Crippen molar-refractivity contribution in [2.75, 3.05) is 11.1 Å². The Balaban J connectivity index is 2.56. The Morgan fingerprint density at radius 1 is 0.973 bits per heavy atom. The average molecular weight is 530 g/mol. The SMILES string of the molecule is Cc1cccc(C)c1NC(=O)C(c1ccc(O)cc1)N(C(=O)C(CS)NC(=O)OC(C)(C)C)C(C)(C)C. The molecule has 2 atom stereocenters. The summed E-state index contributed by atoms with van der Waals surface area (Å²) in [5.41, 5.74) is 1.33. The average Bonchev–Trinajstić information content (AvgIpc) is 2.76. The number of carbonyl (C=O) groups excluding carboxylic acids is 3. The Bertz CT molecular complexity index is 1100. The molecule has 0 fully saturated rings. The van der Waals surface area contributed by atoms with Crippen molar-refractivity contribution in [3.05, 3.63) is 59.2 Å². The van der Waals surface area contributed by atoms with Crippen LogP contribution in [0.25, 0.3) is 0 Å². The number of phenols is 1. The van der Waals surface area contributed by atoms with Gasteiger partial charge in [0.15, 0.2) is 0 Å². The molecule has 0 aliphatic heterocycles. The van der Waals surface area contributed by atoms with E-state index in [1.807, 2.05) is 52.8 Å². The van der Waals surface area contributed by atoms with E-state index in [-0.39, 0.29) is 11.5 Å². The van der Waals surface area contributed by atoms with Gasteiger partial charge in [-0.25, -0.2) is 4.79 Å². The van der Waals surface area contributed by atoms with Crippen molar-refractivity contribution in [3.63, 3.8) is 0 Å². The largest absolute Gasteiger partial charge is 0.508 e. The zero-order valence-corrected chi connectivity index (χ0v) is 23.8. The zero-order valence-electron chi connectivity index (χ0n) is 22.9. The normalized spacial score (nSPS) is 13.3. The summed E-state index contributed by atoms with van der Waals surface area (Å²) in [4.78, 5) is 41.8. The third-order valence-corrected chi connectivity index (χ3v) is 5.94. The summed E-state index contributed by atoms with van der Waals surface area (Å²) in [6.07, 6.45) is -0.755. The Hall–Kier alpha value is -3.20. The van der Waals surface area contributed by atoms with Crippen LogP contribution in [0.15, 0.2) is 42.5 Å². The maximum Gasteiger partial charge on any atom is 0.408 e. The van der Waals surface area contributed by atoms with E-state index in [4.69, 9.17) is 4.74 Å². The van der Waals surface area contributed by atoms with Gasteiger partial charge in [-0.2, -0.15) is 12.6 Å². The standard InChI is InChI=1S/C28H39N3O5S/c1-17-10-9-11-18(2)22(17)30-24(33)23(19-12-14-20(32)15-13-19)31(27(3,4)5)25(34)21(16-37)29-26(35)36-28(6,7)8/h9-15,21,23,32,37H,16H2,1-8H3,(H,29,35)(H,30,33). The molecule has 0 heterocycles. The fraction of sp³-hybridized carbons (Fsp3) is 0.464. The quantitative estimate of drug-likeness (QED) is 0.372. The van der Waals surface area contributed by atoms with Gasteiger partial charge >= 0.3 is 6.09 Å². The number of hydrogen-bond acceptors (Lipinski definition) is 6. The van der Waals surface area contributed by atoms with E-state index in [9.17, 15) is 19.5 Å². The molecule has 3 amide bonds. The molecule has 2 aromatic rings. The van der Waals surface area contributed by atoms with Crippen LogP contribution in [0.1, 0.15) is 64.3 Å². The van der Waals surface area contributed by atoms with Gasteiger partial charge in [0.25, 0.3) is 5.91 Å². The topological polar surface area (TPSA) is 108 Å². The summed E-state index contributed by atoms with van der Waals surface area (Å²) in [6, 6.07) is 9.71. The summed E-state index contributed by atoms with van der Waals surface area (Å²) >= 11 is 4.31. The monoisotopic (exact) mass is 529 g/mol. The number of hydrogen-bond donors (Lipinski definition) is 4. The number of alkyl carbamates (subject to hydrolysis) is 1. The molecule has 2 aromatic carbocycles. The van der Waals surface area contributed by atoms with Crippen molar-refractivity contribution in [2.24, 2.45) is 0 Å². The zero-order chi connectivity index (χ0) is 28.1. The van der Waals surface area contributed by atoms with Gasteiger partial charge in [-0.1, -0.05) is 30.3 Å². The van der Waals surface area contributed by atoms with Crippen LogP contribution in [0.5, 0.6) is 5.75 Å². The Morgan fingerprint density at radius 2 is 1.51 bits per heavy atom. The minimum Gasteiger partial charge on any atom is -0.508 e. The molecule has 9 heteroatoms. The molecular formula is C28H39N3O5S. The number of anilines is 1. The molecule has 0 saturated heterocycles. The molecule has 0 aliphatic carbocycles. The predicted molar refractivity (Wildman–Crippen MR) is 149 cm³/mol. The number of rotatable bonds is 7. The van der Waals surface area contributed by atoms with Crippen LogP contribution in [0, 0.1) is 13.8 Å². The van der Waals surface area contributed by atoms with E-state index in [0.717, 1.165) is 11.1 Å². The highest BCUT2D eigenvalue weighted by Crippen LogP contribution is 2.32. The minimum absolute atomic E-state index is 0.00846. The lowest BCUT2D eigenvalue weighted by molar-refractivity contribution is -0.146. The first-order valence-corrected chi connectivity index (χ1v) is 12.8. The van der Waals surface area contributed by atoms with Crippen LogP contribution in [-0.2, 0) is 14.3 Å². The molecule has 0 radical (unpaired) electrons. The fourth-order valence-electron chi connectivity index (χ4n) is 3.93. The summed E-state index contributed by atoms with van der Waals surface area (Å²) < 4.78 is 5.33. The lowest BCUT2D eigenvalue weighted by Gasteiger charge is -2.43. The first-order valence-electron chi connectivity index (χ1n) is 12.1. The van der Waals surface area contributed by atoms with Crippen LogP contribution < -0.4 is 10.6 Å². The second-order valence-electron chi connectivity index (χ2n) is 11.0. The van der Waals surface area contributed by atoms with Gasteiger partial charge < -0.3 is 25.4 Å². The molecule has 2 unspecified atom stereocenters.